The Bertz CT molecular complexity index is 1100. The Balaban J connectivity index is 1.67. The Hall–Kier alpha value is -2.98. The number of rotatable bonds is 7. The van der Waals surface area contributed by atoms with Crippen LogP contribution >= 0.6 is 11.6 Å². The van der Waals surface area contributed by atoms with Gasteiger partial charge in [-0.25, -0.2) is 0 Å². The number of carbonyl (C=O) groups excluding carboxylic acids is 1. The summed E-state index contributed by atoms with van der Waals surface area (Å²) in [5.74, 6) is 0.653. The van der Waals surface area contributed by atoms with Crippen LogP contribution in [0.4, 0.5) is 0 Å². The summed E-state index contributed by atoms with van der Waals surface area (Å²) in [6, 6.07) is 19.8. The Labute approximate surface area is 175 Å². The van der Waals surface area contributed by atoms with Crippen molar-refractivity contribution in [3.05, 3.63) is 95.0 Å². The number of carbonyl (C=O) groups is 1. The number of hydrogen-bond acceptors (Lipinski definition) is 2. The average Bonchev–Trinajstić information content (AvgIpc) is 3.39. The van der Waals surface area contributed by atoms with Crippen LogP contribution in [0.15, 0.2) is 77.5 Å². The molecule has 4 nitrogen and oxygen atoms in total. The van der Waals surface area contributed by atoms with Crippen molar-refractivity contribution in [2.75, 3.05) is 0 Å². The van der Waals surface area contributed by atoms with Gasteiger partial charge in [0.15, 0.2) is 0 Å². The van der Waals surface area contributed by atoms with Gasteiger partial charge in [-0.05, 0) is 48.4 Å². The van der Waals surface area contributed by atoms with Gasteiger partial charge in [-0.1, -0.05) is 41.9 Å². The van der Waals surface area contributed by atoms with E-state index in [0.29, 0.717) is 18.0 Å². The van der Waals surface area contributed by atoms with Crippen molar-refractivity contribution in [2.24, 2.45) is 0 Å². The summed E-state index contributed by atoms with van der Waals surface area (Å²) >= 11 is 6.10. The minimum absolute atomic E-state index is 0.0188. The van der Waals surface area contributed by atoms with E-state index in [1.807, 2.05) is 48.5 Å². The predicted octanol–water partition coefficient (Wildman–Crippen LogP) is 5.75. The van der Waals surface area contributed by atoms with Gasteiger partial charge in [0, 0.05) is 41.0 Å². The molecule has 1 atom stereocenters. The third-order valence-corrected chi connectivity index (χ3v) is 5.49. The van der Waals surface area contributed by atoms with Crippen molar-refractivity contribution >= 4 is 28.4 Å². The topological polar surface area (TPSA) is 47.2 Å². The molecule has 2 aromatic heterocycles. The fraction of sp³-hybridized carbons (Fsp3) is 0.208. The maximum atomic E-state index is 12.8. The molecule has 0 bridgehead atoms. The fourth-order valence-corrected chi connectivity index (χ4v) is 3.90. The zero-order valence-corrected chi connectivity index (χ0v) is 17.0. The first kappa shape index (κ1) is 19.3. The molecule has 29 heavy (non-hydrogen) atoms. The number of nitrogens with one attached hydrogen (secondary N) is 1. The van der Waals surface area contributed by atoms with Crippen molar-refractivity contribution in [2.45, 2.75) is 32.4 Å². The van der Waals surface area contributed by atoms with Crippen LogP contribution in [0.2, 0.25) is 5.02 Å². The normalized spacial score (nSPS) is 12.2. The van der Waals surface area contributed by atoms with Crippen molar-refractivity contribution in [3.63, 3.8) is 0 Å². The van der Waals surface area contributed by atoms with Crippen LogP contribution in [0.25, 0.3) is 10.9 Å². The number of aromatic nitrogens is 1. The van der Waals surface area contributed by atoms with Crippen molar-refractivity contribution in [1.29, 1.82) is 0 Å². The third-order valence-electron chi connectivity index (χ3n) is 5.24. The average molecular weight is 407 g/mol. The zero-order chi connectivity index (χ0) is 20.2. The van der Waals surface area contributed by atoms with Gasteiger partial charge < -0.3 is 14.3 Å². The first-order chi connectivity index (χ1) is 14.2. The summed E-state index contributed by atoms with van der Waals surface area (Å²) in [6.07, 6.45) is 4.13. The van der Waals surface area contributed by atoms with E-state index in [1.54, 1.807) is 6.26 Å². The monoisotopic (exact) mass is 406 g/mol. The molecule has 1 N–H and O–H groups in total. The van der Waals surface area contributed by atoms with E-state index >= 15 is 0 Å². The fourth-order valence-electron chi connectivity index (χ4n) is 3.77. The smallest absolute Gasteiger partial charge is 0.221 e. The lowest BCUT2D eigenvalue weighted by molar-refractivity contribution is -0.121. The molecular weight excluding hydrogens is 384 g/mol. The number of benzene rings is 2. The van der Waals surface area contributed by atoms with Crippen LogP contribution in [0.5, 0.6) is 0 Å². The minimum atomic E-state index is -0.0680. The van der Waals surface area contributed by atoms with Gasteiger partial charge in [0.1, 0.15) is 5.76 Å². The molecule has 4 aromatic rings. The molecule has 0 saturated carbocycles. The number of aryl methyl sites for hydroxylation is 1. The molecule has 0 radical (unpaired) electrons. The summed E-state index contributed by atoms with van der Waals surface area (Å²) in [5, 5.41) is 4.83. The van der Waals surface area contributed by atoms with Gasteiger partial charge in [-0.15, -0.1) is 0 Å². The lowest BCUT2D eigenvalue weighted by Crippen LogP contribution is -2.24. The summed E-state index contributed by atoms with van der Waals surface area (Å²) in [7, 11) is 0. The molecule has 0 aliphatic carbocycles. The van der Waals surface area contributed by atoms with Crippen LogP contribution in [-0.2, 0) is 17.9 Å². The summed E-state index contributed by atoms with van der Waals surface area (Å²) < 4.78 is 7.54. The Morgan fingerprint density at radius 3 is 2.62 bits per heavy atom. The van der Waals surface area contributed by atoms with Gasteiger partial charge in [0.2, 0.25) is 5.91 Å². The maximum Gasteiger partial charge on any atom is 0.221 e. The van der Waals surface area contributed by atoms with Gasteiger partial charge in [-0.2, -0.15) is 0 Å². The summed E-state index contributed by atoms with van der Waals surface area (Å²) in [5.41, 5.74) is 3.40. The van der Waals surface area contributed by atoms with Gasteiger partial charge >= 0.3 is 0 Å². The molecular formula is C24H23ClN2O2. The summed E-state index contributed by atoms with van der Waals surface area (Å²) in [6.45, 7) is 3.39. The zero-order valence-electron chi connectivity index (χ0n) is 16.3. The summed E-state index contributed by atoms with van der Waals surface area (Å²) in [4.78, 5) is 12.8. The van der Waals surface area contributed by atoms with Crippen molar-refractivity contribution in [1.82, 2.24) is 9.88 Å². The maximum absolute atomic E-state index is 12.8. The van der Waals surface area contributed by atoms with E-state index in [9.17, 15) is 4.79 Å². The predicted molar refractivity (Wildman–Crippen MR) is 116 cm³/mol. The minimum Gasteiger partial charge on any atom is -0.467 e. The number of fused-ring (bicyclic) bond motifs is 1. The highest BCUT2D eigenvalue weighted by molar-refractivity contribution is 6.30. The van der Waals surface area contributed by atoms with Crippen molar-refractivity contribution in [3.8, 4) is 0 Å². The molecule has 0 saturated heterocycles. The molecule has 4 rings (SSSR count). The van der Waals surface area contributed by atoms with E-state index in [-0.39, 0.29) is 11.8 Å². The van der Waals surface area contributed by atoms with E-state index < -0.39 is 0 Å². The first-order valence-electron chi connectivity index (χ1n) is 9.78. The number of furan rings is 1. The first-order valence-corrected chi connectivity index (χ1v) is 10.2. The van der Waals surface area contributed by atoms with Gasteiger partial charge in [0.05, 0.1) is 12.8 Å². The van der Waals surface area contributed by atoms with Crippen LogP contribution in [0, 0.1) is 0 Å². The molecule has 2 heterocycles. The second-order valence-electron chi connectivity index (χ2n) is 7.05. The SMILES string of the molecule is CCn1cc(C(CC(=O)NCc2ccco2)c2ccc(Cl)cc2)c2ccccc21. The van der Waals surface area contributed by atoms with Crippen LogP contribution in [-0.4, -0.2) is 10.5 Å². The number of para-hydroxylation sites is 1. The third kappa shape index (κ3) is 4.22. The number of halogens is 1. The highest BCUT2D eigenvalue weighted by Gasteiger charge is 2.22. The van der Waals surface area contributed by atoms with E-state index in [0.717, 1.165) is 23.4 Å². The molecule has 148 valence electrons. The molecule has 1 amide bonds. The second-order valence-corrected chi connectivity index (χ2v) is 7.49. The van der Waals surface area contributed by atoms with Gasteiger partial charge in [-0.3, -0.25) is 4.79 Å². The van der Waals surface area contributed by atoms with Crippen LogP contribution in [0.3, 0.4) is 0 Å². The Morgan fingerprint density at radius 1 is 1.10 bits per heavy atom. The Morgan fingerprint density at radius 2 is 1.90 bits per heavy atom. The number of hydrogen-bond donors (Lipinski definition) is 1. The van der Waals surface area contributed by atoms with E-state index in [2.05, 4.69) is 35.1 Å². The lowest BCUT2D eigenvalue weighted by atomic mass is 9.88. The van der Waals surface area contributed by atoms with Crippen LogP contribution < -0.4 is 5.32 Å². The molecule has 0 fully saturated rings. The van der Waals surface area contributed by atoms with Gasteiger partial charge in [0.25, 0.3) is 0 Å². The molecule has 2 aromatic carbocycles. The van der Waals surface area contributed by atoms with E-state index in [1.165, 1.54) is 10.9 Å². The van der Waals surface area contributed by atoms with E-state index in [4.69, 9.17) is 16.0 Å². The quantitative estimate of drug-likeness (QED) is 0.425. The molecule has 0 aliphatic heterocycles. The number of nitrogens with zero attached hydrogens (tertiary/aromatic N) is 1. The largest absolute Gasteiger partial charge is 0.467 e. The molecule has 5 heteroatoms. The molecule has 0 spiro atoms. The highest BCUT2D eigenvalue weighted by Crippen LogP contribution is 2.35. The molecule has 1 unspecified atom stereocenters. The number of amides is 1. The Kier molecular flexibility index (Phi) is 5.72. The van der Waals surface area contributed by atoms with Crippen LogP contribution in [0.1, 0.15) is 36.1 Å². The lowest BCUT2D eigenvalue weighted by Gasteiger charge is -2.17. The second kappa shape index (κ2) is 8.58. The van der Waals surface area contributed by atoms with Crippen molar-refractivity contribution < 1.29 is 9.21 Å². The highest BCUT2D eigenvalue weighted by atomic mass is 35.5. The molecule has 0 aliphatic rings. The standard InChI is InChI=1S/C24H23ClN2O2/c1-2-27-16-22(20-7-3-4-8-23(20)27)21(17-9-11-18(25)12-10-17)14-24(28)26-15-19-6-5-13-29-19/h3-13,16,21H,2,14-15H2,1H3,(H,26,28).